The van der Waals surface area contributed by atoms with Crippen molar-refractivity contribution in [1.82, 2.24) is 20.2 Å². The molecule has 0 atom stereocenters. The molecule has 1 fully saturated rings. The summed E-state index contributed by atoms with van der Waals surface area (Å²) in [6.07, 6.45) is 5.72. The highest BCUT2D eigenvalue weighted by Gasteiger charge is 2.19. The van der Waals surface area contributed by atoms with Gasteiger partial charge in [-0.05, 0) is 43.4 Å². The Hall–Kier alpha value is -3.13. The predicted molar refractivity (Wildman–Crippen MR) is 130 cm³/mol. The minimum atomic E-state index is -0.459. The van der Waals surface area contributed by atoms with Crippen molar-refractivity contribution >= 4 is 34.6 Å². The quantitative estimate of drug-likeness (QED) is 0.390. The Balaban J connectivity index is 1.43. The predicted octanol–water partition coefficient (Wildman–Crippen LogP) is 3.89. The van der Waals surface area contributed by atoms with Crippen LogP contribution < -0.4 is 16.2 Å². The molecule has 1 aliphatic rings. The lowest BCUT2D eigenvalue weighted by atomic mass is 10.1. The summed E-state index contributed by atoms with van der Waals surface area (Å²) in [5, 5.41) is 6.27. The minimum absolute atomic E-state index is 0.00154. The van der Waals surface area contributed by atoms with Crippen molar-refractivity contribution in [2.75, 3.05) is 5.75 Å². The van der Waals surface area contributed by atoms with Crippen LogP contribution in [0.25, 0.3) is 10.9 Å². The van der Waals surface area contributed by atoms with Crippen LogP contribution >= 0.6 is 11.8 Å². The third-order valence-corrected chi connectivity index (χ3v) is 6.77. The lowest BCUT2D eigenvalue weighted by Crippen LogP contribution is -2.44. The summed E-state index contributed by atoms with van der Waals surface area (Å²) < 4.78 is 1.64. The molecular weight excluding hydrogens is 436 g/mol. The Morgan fingerprint density at radius 3 is 2.55 bits per heavy atom. The molecule has 1 aromatic heterocycles. The van der Waals surface area contributed by atoms with Crippen molar-refractivity contribution in [2.24, 2.45) is 0 Å². The first-order chi connectivity index (χ1) is 16.1. The van der Waals surface area contributed by atoms with E-state index in [1.807, 2.05) is 30.3 Å². The van der Waals surface area contributed by atoms with Crippen molar-refractivity contribution in [3.63, 3.8) is 0 Å². The molecule has 3 amide bonds. The fraction of sp³-hybridized carbons (Fsp3) is 0.360. The molecule has 2 N–H and O–H groups in total. The molecular formula is C25H28N4O3S. The van der Waals surface area contributed by atoms with Crippen LogP contribution in [0.15, 0.2) is 64.5 Å². The van der Waals surface area contributed by atoms with Crippen LogP contribution in [0.3, 0.4) is 0 Å². The number of urea groups is 1. The Morgan fingerprint density at radius 1 is 1.03 bits per heavy atom. The molecule has 4 rings (SSSR count). The van der Waals surface area contributed by atoms with E-state index in [0.717, 1.165) is 38.5 Å². The molecule has 0 saturated heterocycles. The highest BCUT2D eigenvalue weighted by molar-refractivity contribution is 7.99. The van der Waals surface area contributed by atoms with E-state index < -0.39 is 11.9 Å². The van der Waals surface area contributed by atoms with E-state index in [9.17, 15) is 14.4 Å². The highest BCUT2D eigenvalue weighted by atomic mass is 32.2. The number of rotatable bonds is 8. The van der Waals surface area contributed by atoms with Gasteiger partial charge in [0.2, 0.25) is 5.91 Å². The van der Waals surface area contributed by atoms with E-state index in [-0.39, 0.29) is 17.4 Å². The van der Waals surface area contributed by atoms with E-state index in [2.05, 4.69) is 27.8 Å². The van der Waals surface area contributed by atoms with Crippen LogP contribution in [0.5, 0.6) is 0 Å². The number of aryl methyl sites for hydroxylation is 1. The zero-order chi connectivity index (χ0) is 23.0. The van der Waals surface area contributed by atoms with Gasteiger partial charge in [-0.3, -0.25) is 19.5 Å². The van der Waals surface area contributed by atoms with Crippen molar-refractivity contribution in [1.29, 1.82) is 0 Å². The first-order valence-electron chi connectivity index (χ1n) is 11.4. The summed E-state index contributed by atoms with van der Waals surface area (Å²) in [7, 11) is 0. The number of nitrogens with zero attached hydrogens (tertiary/aromatic N) is 2. The Labute approximate surface area is 197 Å². The number of imide groups is 1. The topological polar surface area (TPSA) is 93.1 Å². The van der Waals surface area contributed by atoms with E-state index in [1.165, 1.54) is 17.3 Å². The number of carbonyl (C=O) groups excluding carboxylic acids is 2. The summed E-state index contributed by atoms with van der Waals surface area (Å²) >= 11 is 1.17. The molecule has 0 aliphatic heterocycles. The zero-order valence-corrected chi connectivity index (χ0v) is 19.3. The van der Waals surface area contributed by atoms with Gasteiger partial charge in [0.05, 0.1) is 16.7 Å². The molecule has 8 heteroatoms. The van der Waals surface area contributed by atoms with Crippen LogP contribution in [0.2, 0.25) is 0 Å². The first kappa shape index (κ1) is 23.0. The van der Waals surface area contributed by atoms with Crippen molar-refractivity contribution < 1.29 is 9.59 Å². The van der Waals surface area contributed by atoms with Gasteiger partial charge in [0.1, 0.15) is 0 Å². The van der Waals surface area contributed by atoms with E-state index in [0.29, 0.717) is 22.6 Å². The molecule has 3 aromatic rings. The second-order valence-electron chi connectivity index (χ2n) is 8.25. The van der Waals surface area contributed by atoms with E-state index in [4.69, 9.17) is 0 Å². The van der Waals surface area contributed by atoms with Gasteiger partial charge in [-0.1, -0.05) is 67.1 Å². The molecule has 1 aliphatic carbocycles. The molecule has 1 heterocycles. The number of aromatic nitrogens is 2. The second-order valence-corrected chi connectivity index (χ2v) is 9.19. The highest BCUT2D eigenvalue weighted by Crippen LogP contribution is 2.19. The number of para-hydroxylation sites is 1. The molecule has 0 unspecified atom stereocenters. The molecule has 33 heavy (non-hydrogen) atoms. The van der Waals surface area contributed by atoms with Gasteiger partial charge < -0.3 is 5.32 Å². The number of nitrogens with one attached hydrogen (secondary N) is 2. The normalized spacial score (nSPS) is 13.8. The Morgan fingerprint density at radius 2 is 1.76 bits per heavy atom. The number of benzene rings is 2. The fourth-order valence-corrected chi connectivity index (χ4v) is 4.95. The second kappa shape index (κ2) is 11.1. The first-order valence-corrected chi connectivity index (χ1v) is 12.4. The maximum Gasteiger partial charge on any atom is 0.321 e. The van der Waals surface area contributed by atoms with Crippen LogP contribution in [-0.2, 0) is 17.8 Å². The Kier molecular flexibility index (Phi) is 7.78. The molecule has 0 bridgehead atoms. The van der Waals surface area contributed by atoms with Gasteiger partial charge in [-0.2, -0.15) is 0 Å². The standard InChI is InChI=1S/C25H28N4O3S/c30-22(28-24(32)26-19-12-4-5-13-19)17-33-25-27-21-15-7-6-14-20(21)23(31)29(25)16-8-11-18-9-2-1-3-10-18/h1-3,6-7,9-10,14-15,19H,4-5,8,11-13,16-17H2,(H2,26,28,30,32). The number of fused-ring (bicyclic) bond motifs is 1. The van der Waals surface area contributed by atoms with Crippen LogP contribution in [0.4, 0.5) is 4.79 Å². The summed E-state index contributed by atoms with van der Waals surface area (Å²) in [5.41, 5.74) is 1.69. The number of amides is 3. The zero-order valence-electron chi connectivity index (χ0n) is 18.5. The smallest absolute Gasteiger partial charge is 0.321 e. The molecule has 0 radical (unpaired) electrons. The average Bonchev–Trinajstić information content (AvgIpc) is 3.33. The monoisotopic (exact) mass is 464 g/mol. The SMILES string of the molecule is O=C(CSc1nc2ccccc2c(=O)n1CCCc1ccccc1)NC(=O)NC1CCCC1. The van der Waals surface area contributed by atoms with Crippen LogP contribution in [0.1, 0.15) is 37.7 Å². The summed E-state index contributed by atoms with van der Waals surface area (Å²) in [6.45, 7) is 0.498. The van der Waals surface area contributed by atoms with Crippen molar-refractivity contribution in [2.45, 2.75) is 56.3 Å². The molecule has 0 spiro atoms. The van der Waals surface area contributed by atoms with Crippen LogP contribution in [-0.4, -0.2) is 33.3 Å². The number of hydrogen-bond acceptors (Lipinski definition) is 5. The lowest BCUT2D eigenvalue weighted by Gasteiger charge is -2.14. The number of thioether (sulfide) groups is 1. The Bertz CT molecular complexity index is 1170. The third kappa shape index (κ3) is 6.22. The van der Waals surface area contributed by atoms with Crippen molar-refractivity contribution in [3.8, 4) is 0 Å². The summed E-state index contributed by atoms with van der Waals surface area (Å²) in [4.78, 5) is 42.2. The van der Waals surface area contributed by atoms with Crippen molar-refractivity contribution in [3.05, 3.63) is 70.5 Å². The molecule has 7 nitrogen and oxygen atoms in total. The van der Waals surface area contributed by atoms with Gasteiger partial charge in [0.25, 0.3) is 5.56 Å². The molecule has 2 aromatic carbocycles. The number of carbonyl (C=O) groups is 2. The lowest BCUT2D eigenvalue weighted by molar-refractivity contribution is -0.117. The van der Waals surface area contributed by atoms with Gasteiger partial charge >= 0.3 is 6.03 Å². The summed E-state index contributed by atoms with van der Waals surface area (Å²) in [6, 6.07) is 17.0. The maximum atomic E-state index is 13.2. The molecule has 172 valence electrons. The van der Waals surface area contributed by atoms with E-state index >= 15 is 0 Å². The van der Waals surface area contributed by atoms with Gasteiger partial charge in [0, 0.05) is 12.6 Å². The fourth-order valence-electron chi connectivity index (χ4n) is 4.13. The minimum Gasteiger partial charge on any atom is -0.335 e. The summed E-state index contributed by atoms with van der Waals surface area (Å²) in [5.74, 6) is -0.407. The van der Waals surface area contributed by atoms with E-state index in [1.54, 1.807) is 16.7 Å². The van der Waals surface area contributed by atoms with Crippen LogP contribution in [0, 0.1) is 0 Å². The van der Waals surface area contributed by atoms with Gasteiger partial charge in [-0.15, -0.1) is 0 Å². The third-order valence-electron chi connectivity index (χ3n) is 5.79. The average molecular weight is 465 g/mol. The molecule has 1 saturated carbocycles. The van der Waals surface area contributed by atoms with Gasteiger partial charge in [-0.25, -0.2) is 9.78 Å². The van der Waals surface area contributed by atoms with Gasteiger partial charge in [0.15, 0.2) is 5.16 Å². The largest absolute Gasteiger partial charge is 0.335 e. The number of hydrogen-bond donors (Lipinski definition) is 2. The maximum absolute atomic E-state index is 13.2.